The second-order valence-electron chi connectivity index (χ2n) is 6.97. The maximum absolute atomic E-state index is 14.0. The number of guanidine groups is 1. The van der Waals surface area contributed by atoms with E-state index >= 15 is 0 Å². The lowest BCUT2D eigenvalue weighted by molar-refractivity contribution is 0.414. The van der Waals surface area contributed by atoms with E-state index in [0.29, 0.717) is 22.4 Å². The van der Waals surface area contributed by atoms with Gasteiger partial charge in [-0.1, -0.05) is 0 Å². The second kappa shape index (κ2) is 7.45. The smallest absolute Gasteiger partial charge is 0.268 e. The molecule has 1 aliphatic carbocycles. The van der Waals surface area contributed by atoms with Gasteiger partial charge in [0.1, 0.15) is 11.6 Å². The predicted octanol–water partition coefficient (Wildman–Crippen LogP) is 2.41. The van der Waals surface area contributed by atoms with Crippen LogP contribution in [-0.2, 0) is 10.0 Å². The molecule has 0 spiro atoms. The van der Waals surface area contributed by atoms with Gasteiger partial charge in [-0.2, -0.15) is 5.10 Å². The molecule has 1 heterocycles. The third-order valence-electron chi connectivity index (χ3n) is 4.86. The number of halogens is 1. The van der Waals surface area contributed by atoms with Gasteiger partial charge in [-0.3, -0.25) is 0 Å². The standard InChI is InChI=1S/C20H20FN5O3S/c1-29-14-5-7-15(8-6-14)30(27,28)26-11-17(16-9-4-13(21)10-18(16)26)19(12-2-3-12)24-25-20(22)23/h4-12H,2-3H2,1H3,(H4,22,23,25). The Bertz CT molecular complexity index is 1270. The number of hydrogen-bond acceptors (Lipinski definition) is 5. The highest BCUT2D eigenvalue weighted by atomic mass is 32.2. The number of nitrogens with zero attached hydrogens (tertiary/aromatic N) is 3. The van der Waals surface area contributed by atoms with Gasteiger partial charge in [-0.15, -0.1) is 5.10 Å². The summed E-state index contributed by atoms with van der Waals surface area (Å²) in [5.41, 5.74) is 12.1. The molecule has 0 unspecified atom stereocenters. The number of aromatic nitrogens is 1. The van der Waals surface area contributed by atoms with Gasteiger partial charge < -0.3 is 16.2 Å². The molecule has 1 saturated carbocycles. The highest BCUT2D eigenvalue weighted by Gasteiger charge is 2.32. The van der Waals surface area contributed by atoms with E-state index in [1.165, 1.54) is 43.6 Å². The molecule has 0 radical (unpaired) electrons. The van der Waals surface area contributed by atoms with Crippen LogP contribution in [-0.4, -0.2) is 31.2 Å². The topological polar surface area (TPSA) is 125 Å². The molecular formula is C20H20FN5O3S. The molecule has 0 aliphatic heterocycles. The van der Waals surface area contributed by atoms with Crippen LogP contribution in [0.2, 0.25) is 0 Å². The van der Waals surface area contributed by atoms with E-state index < -0.39 is 15.8 Å². The van der Waals surface area contributed by atoms with Crippen molar-refractivity contribution in [1.82, 2.24) is 3.97 Å². The fourth-order valence-electron chi connectivity index (χ4n) is 3.26. The predicted molar refractivity (Wildman–Crippen MR) is 113 cm³/mol. The van der Waals surface area contributed by atoms with Crippen LogP contribution in [0, 0.1) is 11.7 Å². The van der Waals surface area contributed by atoms with Crippen molar-refractivity contribution in [3.05, 3.63) is 60.0 Å². The van der Waals surface area contributed by atoms with Crippen molar-refractivity contribution in [1.29, 1.82) is 0 Å². The summed E-state index contributed by atoms with van der Waals surface area (Å²) in [6.45, 7) is 0. The summed E-state index contributed by atoms with van der Waals surface area (Å²) in [5.74, 6) is -0.111. The molecule has 0 amide bonds. The Hall–Kier alpha value is -3.40. The average Bonchev–Trinajstić information content (AvgIpc) is 3.49. The molecule has 0 saturated heterocycles. The van der Waals surface area contributed by atoms with Gasteiger partial charge in [0.15, 0.2) is 0 Å². The minimum Gasteiger partial charge on any atom is -0.497 e. The third kappa shape index (κ3) is 3.61. The molecule has 30 heavy (non-hydrogen) atoms. The first-order valence-electron chi connectivity index (χ1n) is 9.18. The van der Waals surface area contributed by atoms with Gasteiger partial charge in [0, 0.05) is 23.1 Å². The van der Waals surface area contributed by atoms with Crippen LogP contribution in [0.15, 0.2) is 63.8 Å². The molecule has 0 atom stereocenters. The Balaban J connectivity index is 1.93. The quantitative estimate of drug-likeness (QED) is 0.354. The second-order valence-corrected chi connectivity index (χ2v) is 8.78. The van der Waals surface area contributed by atoms with E-state index in [-0.39, 0.29) is 22.3 Å². The van der Waals surface area contributed by atoms with E-state index in [4.69, 9.17) is 16.2 Å². The minimum atomic E-state index is -4.00. The number of hydrogen-bond donors (Lipinski definition) is 2. The lowest BCUT2D eigenvalue weighted by Crippen LogP contribution is -2.22. The van der Waals surface area contributed by atoms with E-state index in [9.17, 15) is 12.8 Å². The van der Waals surface area contributed by atoms with Gasteiger partial charge in [0.05, 0.1) is 23.2 Å². The maximum atomic E-state index is 14.0. The van der Waals surface area contributed by atoms with Crippen LogP contribution in [0.3, 0.4) is 0 Å². The summed E-state index contributed by atoms with van der Waals surface area (Å²) >= 11 is 0. The Labute approximate surface area is 172 Å². The van der Waals surface area contributed by atoms with Gasteiger partial charge in [-0.25, -0.2) is 16.8 Å². The summed E-state index contributed by atoms with van der Waals surface area (Å²) in [6, 6.07) is 9.98. The molecular weight excluding hydrogens is 409 g/mol. The Morgan fingerprint density at radius 3 is 2.43 bits per heavy atom. The minimum absolute atomic E-state index is 0.0464. The number of ether oxygens (including phenoxy) is 1. The monoisotopic (exact) mass is 429 g/mol. The third-order valence-corrected chi connectivity index (χ3v) is 6.55. The number of rotatable bonds is 6. The van der Waals surface area contributed by atoms with Crippen molar-refractivity contribution < 1.29 is 17.5 Å². The van der Waals surface area contributed by atoms with Crippen LogP contribution in [0.5, 0.6) is 5.75 Å². The van der Waals surface area contributed by atoms with Crippen LogP contribution in [0.4, 0.5) is 4.39 Å². The lowest BCUT2D eigenvalue weighted by atomic mass is 10.1. The van der Waals surface area contributed by atoms with Gasteiger partial charge in [0.25, 0.3) is 10.0 Å². The number of fused-ring (bicyclic) bond motifs is 1. The van der Waals surface area contributed by atoms with Gasteiger partial charge in [0.2, 0.25) is 5.96 Å². The maximum Gasteiger partial charge on any atom is 0.268 e. The summed E-state index contributed by atoms with van der Waals surface area (Å²) < 4.78 is 46.9. The summed E-state index contributed by atoms with van der Waals surface area (Å²) in [7, 11) is -2.51. The first-order chi connectivity index (χ1) is 14.3. The molecule has 10 heteroatoms. The zero-order valence-electron chi connectivity index (χ0n) is 16.1. The summed E-state index contributed by atoms with van der Waals surface area (Å²) in [6.07, 6.45) is 3.22. The normalized spacial score (nSPS) is 14.7. The molecule has 0 bridgehead atoms. The Morgan fingerprint density at radius 1 is 1.13 bits per heavy atom. The Morgan fingerprint density at radius 2 is 1.83 bits per heavy atom. The zero-order valence-corrected chi connectivity index (χ0v) is 16.9. The highest BCUT2D eigenvalue weighted by Crippen LogP contribution is 2.37. The van der Waals surface area contributed by atoms with Crippen molar-refractivity contribution in [3.63, 3.8) is 0 Å². The number of methoxy groups -OCH3 is 1. The molecule has 4 rings (SSSR count). The van der Waals surface area contributed by atoms with E-state index in [1.807, 2.05) is 0 Å². The number of benzene rings is 2. The van der Waals surface area contributed by atoms with E-state index in [1.54, 1.807) is 12.1 Å². The lowest BCUT2D eigenvalue weighted by Gasteiger charge is -2.08. The molecule has 1 aliphatic rings. The van der Waals surface area contributed by atoms with E-state index in [0.717, 1.165) is 16.8 Å². The van der Waals surface area contributed by atoms with Crippen molar-refractivity contribution in [2.24, 2.45) is 27.6 Å². The molecule has 3 aromatic rings. The van der Waals surface area contributed by atoms with Crippen molar-refractivity contribution in [2.75, 3.05) is 7.11 Å². The fraction of sp³-hybridized carbons (Fsp3) is 0.200. The van der Waals surface area contributed by atoms with Crippen LogP contribution >= 0.6 is 0 Å². The van der Waals surface area contributed by atoms with Crippen LogP contribution in [0.25, 0.3) is 10.9 Å². The number of nitrogens with two attached hydrogens (primary N) is 2. The zero-order chi connectivity index (χ0) is 21.5. The molecule has 8 nitrogen and oxygen atoms in total. The van der Waals surface area contributed by atoms with Crippen molar-refractivity contribution in [3.8, 4) is 5.75 Å². The Kier molecular flexibility index (Phi) is 4.94. The molecule has 2 aromatic carbocycles. The van der Waals surface area contributed by atoms with Gasteiger partial charge >= 0.3 is 0 Å². The fourth-order valence-corrected chi connectivity index (χ4v) is 4.62. The molecule has 1 aromatic heterocycles. The molecule has 156 valence electrons. The first-order valence-corrected chi connectivity index (χ1v) is 10.6. The van der Waals surface area contributed by atoms with Gasteiger partial charge in [-0.05, 0) is 55.3 Å². The highest BCUT2D eigenvalue weighted by molar-refractivity contribution is 7.90. The summed E-state index contributed by atoms with van der Waals surface area (Å²) in [5, 5.41) is 8.45. The SMILES string of the molecule is COc1ccc(S(=O)(=O)n2cc(C(=NN=C(N)N)C3CC3)c3ccc(F)cc32)cc1. The van der Waals surface area contributed by atoms with Crippen LogP contribution < -0.4 is 16.2 Å². The molecule has 1 fully saturated rings. The molecule has 4 N–H and O–H groups in total. The van der Waals surface area contributed by atoms with Crippen LogP contribution in [0.1, 0.15) is 18.4 Å². The largest absolute Gasteiger partial charge is 0.497 e. The van der Waals surface area contributed by atoms with E-state index in [2.05, 4.69) is 10.2 Å². The first kappa shape index (κ1) is 19.9. The van der Waals surface area contributed by atoms with Crippen molar-refractivity contribution >= 4 is 32.6 Å². The summed E-state index contributed by atoms with van der Waals surface area (Å²) in [4.78, 5) is 0.0464. The van der Waals surface area contributed by atoms with Crippen molar-refractivity contribution in [2.45, 2.75) is 17.7 Å². The average molecular weight is 429 g/mol.